The fourth-order valence-electron chi connectivity index (χ4n) is 3.18. The van der Waals surface area contributed by atoms with E-state index < -0.39 is 5.97 Å². The minimum absolute atomic E-state index is 0.0881. The Morgan fingerprint density at radius 1 is 1.43 bits per heavy atom. The summed E-state index contributed by atoms with van der Waals surface area (Å²) in [6.07, 6.45) is 1.90. The number of carboxylic acids is 1. The van der Waals surface area contributed by atoms with E-state index in [1.54, 1.807) is 11.5 Å². The maximum absolute atomic E-state index is 12.3. The van der Waals surface area contributed by atoms with Crippen molar-refractivity contribution < 1.29 is 9.90 Å². The topological polar surface area (TPSA) is 75.4 Å². The molecule has 0 amide bonds. The van der Waals surface area contributed by atoms with Gasteiger partial charge in [-0.1, -0.05) is 6.92 Å². The molecule has 1 fully saturated rings. The van der Waals surface area contributed by atoms with E-state index in [1.165, 1.54) is 0 Å². The average molecular weight is 293 g/mol. The van der Waals surface area contributed by atoms with Crippen molar-refractivity contribution >= 4 is 5.97 Å². The van der Waals surface area contributed by atoms with Gasteiger partial charge in [0.25, 0.3) is 0 Å². The van der Waals surface area contributed by atoms with Gasteiger partial charge in [-0.15, -0.1) is 0 Å². The van der Waals surface area contributed by atoms with Gasteiger partial charge in [0.15, 0.2) is 0 Å². The van der Waals surface area contributed by atoms with E-state index in [0.717, 1.165) is 38.2 Å². The van der Waals surface area contributed by atoms with Crippen LogP contribution in [-0.2, 0) is 11.2 Å². The molecule has 0 aliphatic carbocycles. The van der Waals surface area contributed by atoms with Crippen LogP contribution in [0.5, 0.6) is 0 Å². The van der Waals surface area contributed by atoms with Crippen molar-refractivity contribution in [2.75, 3.05) is 19.6 Å². The molecule has 1 N–H and O–H groups in total. The van der Waals surface area contributed by atoms with E-state index in [-0.39, 0.29) is 18.2 Å². The molecule has 0 bridgehead atoms. The number of hydrogen-bond donors (Lipinski definition) is 1. The van der Waals surface area contributed by atoms with E-state index in [4.69, 9.17) is 5.11 Å². The third kappa shape index (κ3) is 3.32. The third-order valence-corrected chi connectivity index (χ3v) is 4.33. The lowest BCUT2D eigenvalue weighted by atomic mass is 10.0. The molecule has 2 heterocycles. The highest BCUT2D eigenvalue weighted by Gasteiger charge is 2.24. The molecule has 1 aliphatic rings. The van der Waals surface area contributed by atoms with Crippen molar-refractivity contribution in [2.24, 2.45) is 0 Å². The van der Waals surface area contributed by atoms with Crippen molar-refractivity contribution in [1.82, 2.24) is 14.5 Å². The number of aryl methyl sites for hydroxylation is 1. The molecule has 1 aromatic rings. The Hall–Kier alpha value is -1.69. The number of rotatable bonds is 4. The van der Waals surface area contributed by atoms with Gasteiger partial charge in [-0.3, -0.25) is 9.36 Å². The Morgan fingerprint density at radius 3 is 2.76 bits per heavy atom. The minimum atomic E-state index is -0.896. The average Bonchev–Trinajstić information content (AvgIpc) is 2.43. The molecule has 116 valence electrons. The van der Waals surface area contributed by atoms with Gasteiger partial charge in [0.1, 0.15) is 0 Å². The summed E-state index contributed by atoms with van der Waals surface area (Å²) in [5, 5.41) is 9.04. The number of likely N-dealkylation sites (N-methyl/N-ethyl adjacent to an activating group) is 1. The van der Waals surface area contributed by atoms with Crippen molar-refractivity contribution in [3.05, 3.63) is 27.4 Å². The summed E-state index contributed by atoms with van der Waals surface area (Å²) in [4.78, 5) is 29.7. The van der Waals surface area contributed by atoms with Crippen LogP contribution in [-0.4, -0.2) is 45.2 Å². The summed E-state index contributed by atoms with van der Waals surface area (Å²) in [5.41, 5.74) is 1.68. The van der Waals surface area contributed by atoms with Crippen LogP contribution >= 0.6 is 0 Å². The van der Waals surface area contributed by atoms with Crippen LogP contribution in [0.25, 0.3) is 0 Å². The number of carbonyl (C=O) groups is 1. The molecule has 2 rings (SSSR count). The summed E-state index contributed by atoms with van der Waals surface area (Å²) in [7, 11) is 0. The Kier molecular flexibility index (Phi) is 4.77. The summed E-state index contributed by atoms with van der Waals surface area (Å²) in [6, 6.07) is 0.0897. The smallest absolute Gasteiger partial charge is 0.348 e. The summed E-state index contributed by atoms with van der Waals surface area (Å²) < 4.78 is 1.70. The van der Waals surface area contributed by atoms with Crippen molar-refractivity contribution in [3.63, 3.8) is 0 Å². The van der Waals surface area contributed by atoms with Crippen LogP contribution in [0.2, 0.25) is 0 Å². The molecule has 1 atom stereocenters. The number of piperidine rings is 1. The monoisotopic (exact) mass is 293 g/mol. The number of aliphatic carboxylic acids is 1. The normalized spacial score (nSPS) is 19.7. The lowest BCUT2D eigenvalue weighted by Gasteiger charge is -2.34. The molecule has 0 radical (unpaired) electrons. The van der Waals surface area contributed by atoms with Crippen LogP contribution in [0.15, 0.2) is 4.79 Å². The maximum atomic E-state index is 12.3. The quantitative estimate of drug-likeness (QED) is 0.901. The minimum Gasteiger partial charge on any atom is -0.481 e. The molecule has 1 aliphatic heterocycles. The molecule has 6 nitrogen and oxygen atoms in total. The Labute approximate surface area is 124 Å². The molecule has 0 aromatic carbocycles. The largest absolute Gasteiger partial charge is 0.481 e. The first-order valence-corrected chi connectivity index (χ1v) is 7.46. The van der Waals surface area contributed by atoms with Crippen molar-refractivity contribution in [3.8, 4) is 0 Å². The molecule has 1 unspecified atom stereocenters. The molecular weight excluding hydrogens is 270 g/mol. The summed E-state index contributed by atoms with van der Waals surface area (Å²) in [6.45, 7) is 8.50. The first-order chi connectivity index (χ1) is 9.93. The van der Waals surface area contributed by atoms with Gasteiger partial charge in [0, 0.05) is 23.5 Å². The van der Waals surface area contributed by atoms with E-state index >= 15 is 0 Å². The first-order valence-electron chi connectivity index (χ1n) is 7.46. The predicted molar refractivity (Wildman–Crippen MR) is 79.7 cm³/mol. The highest BCUT2D eigenvalue weighted by Crippen LogP contribution is 2.23. The number of carboxylic acid groups (broad SMARTS) is 1. The van der Waals surface area contributed by atoms with Gasteiger partial charge < -0.3 is 10.0 Å². The predicted octanol–water partition coefficient (Wildman–Crippen LogP) is 1.14. The number of nitrogens with zero attached hydrogens (tertiary/aromatic N) is 3. The second kappa shape index (κ2) is 6.39. The highest BCUT2D eigenvalue weighted by atomic mass is 16.4. The zero-order valence-electron chi connectivity index (χ0n) is 12.9. The van der Waals surface area contributed by atoms with Crippen LogP contribution in [0.4, 0.5) is 0 Å². The Morgan fingerprint density at radius 2 is 2.14 bits per heavy atom. The van der Waals surface area contributed by atoms with Gasteiger partial charge in [-0.25, -0.2) is 4.79 Å². The molecular formula is C15H23N3O3. The van der Waals surface area contributed by atoms with Crippen LogP contribution in [0.1, 0.15) is 42.8 Å². The van der Waals surface area contributed by atoms with Gasteiger partial charge in [-0.2, -0.15) is 4.98 Å². The number of hydrogen-bond acceptors (Lipinski definition) is 4. The van der Waals surface area contributed by atoms with Crippen molar-refractivity contribution in [1.29, 1.82) is 0 Å². The Balaban J connectivity index is 2.43. The van der Waals surface area contributed by atoms with E-state index in [1.807, 2.05) is 6.92 Å². The second-order valence-corrected chi connectivity index (χ2v) is 5.67. The van der Waals surface area contributed by atoms with Gasteiger partial charge in [0.2, 0.25) is 0 Å². The van der Waals surface area contributed by atoms with E-state index in [2.05, 4.69) is 16.8 Å². The van der Waals surface area contributed by atoms with Crippen LogP contribution < -0.4 is 5.69 Å². The van der Waals surface area contributed by atoms with Gasteiger partial charge in [-0.05, 0) is 39.8 Å². The SMILES string of the molecule is CCN1CCCC(n2c(C)c(CC(=O)O)c(C)nc2=O)C1. The van der Waals surface area contributed by atoms with Gasteiger partial charge in [0.05, 0.1) is 12.5 Å². The lowest BCUT2D eigenvalue weighted by molar-refractivity contribution is -0.136. The number of aromatic nitrogens is 2. The van der Waals surface area contributed by atoms with Crippen LogP contribution in [0, 0.1) is 13.8 Å². The fraction of sp³-hybridized carbons (Fsp3) is 0.667. The standard InChI is InChI=1S/C15H23N3O3/c1-4-17-7-5-6-12(9-17)18-11(3)13(8-14(19)20)10(2)16-15(18)21/h12H,4-9H2,1-3H3,(H,19,20). The highest BCUT2D eigenvalue weighted by molar-refractivity contribution is 5.70. The van der Waals surface area contributed by atoms with Crippen LogP contribution in [0.3, 0.4) is 0 Å². The first kappa shape index (κ1) is 15.7. The molecule has 6 heteroatoms. The maximum Gasteiger partial charge on any atom is 0.348 e. The third-order valence-electron chi connectivity index (χ3n) is 4.33. The molecule has 1 aromatic heterocycles. The zero-order chi connectivity index (χ0) is 15.6. The Bertz CT molecular complexity index is 595. The van der Waals surface area contributed by atoms with E-state index in [9.17, 15) is 9.59 Å². The van der Waals surface area contributed by atoms with E-state index in [0.29, 0.717) is 11.3 Å². The summed E-state index contributed by atoms with van der Waals surface area (Å²) in [5.74, 6) is -0.896. The molecule has 0 spiro atoms. The summed E-state index contributed by atoms with van der Waals surface area (Å²) >= 11 is 0. The lowest BCUT2D eigenvalue weighted by Crippen LogP contribution is -2.41. The van der Waals surface area contributed by atoms with Crippen molar-refractivity contribution in [2.45, 2.75) is 46.1 Å². The molecule has 21 heavy (non-hydrogen) atoms. The zero-order valence-corrected chi connectivity index (χ0v) is 12.9. The second-order valence-electron chi connectivity index (χ2n) is 5.67. The fourth-order valence-corrected chi connectivity index (χ4v) is 3.18. The molecule has 1 saturated heterocycles. The molecule has 0 saturated carbocycles. The van der Waals surface area contributed by atoms with Gasteiger partial charge >= 0.3 is 11.7 Å². The number of likely N-dealkylation sites (tertiary alicyclic amines) is 1.